The summed E-state index contributed by atoms with van der Waals surface area (Å²) < 4.78 is 28.4. The minimum Gasteiger partial charge on any atom is -0.326 e. The molecule has 1 amide bonds. The fourth-order valence-corrected chi connectivity index (χ4v) is 4.84. The van der Waals surface area contributed by atoms with E-state index in [1.165, 1.54) is 15.3 Å². The first-order chi connectivity index (χ1) is 14.0. The van der Waals surface area contributed by atoms with Crippen LogP contribution >= 0.6 is 0 Å². The molecule has 0 unspecified atom stereocenters. The zero-order valence-corrected chi connectivity index (χ0v) is 16.4. The molecule has 150 valence electrons. The molecule has 2 heterocycles. The van der Waals surface area contributed by atoms with E-state index in [4.69, 9.17) is 0 Å². The van der Waals surface area contributed by atoms with E-state index in [1.54, 1.807) is 42.5 Å². The predicted molar refractivity (Wildman–Crippen MR) is 106 cm³/mol. The maximum Gasteiger partial charge on any atom is 0.243 e. The first-order valence-corrected chi connectivity index (χ1v) is 10.7. The van der Waals surface area contributed by atoms with Gasteiger partial charge in [-0.25, -0.2) is 13.1 Å². The zero-order valence-electron chi connectivity index (χ0n) is 15.5. The van der Waals surface area contributed by atoms with Crippen molar-refractivity contribution < 1.29 is 13.2 Å². The third-order valence-corrected chi connectivity index (χ3v) is 6.85. The highest BCUT2D eigenvalue weighted by molar-refractivity contribution is 7.89. The number of anilines is 1. The lowest BCUT2D eigenvalue weighted by atomic mass is 9.97. The van der Waals surface area contributed by atoms with Crippen LogP contribution in [0.4, 0.5) is 5.69 Å². The summed E-state index contributed by atoms with van der Waals surface area (Å²) in [4.78, 5) is 12.9. The molecule has 1 aliphatic rings. The van der Waals surface area contributed by atoms with Crippen LogP contribution in [0.3, 0.4) is 0 Å². The lowest BCUT2D eigenvalue weighted by Gasteiger charge is -2.30. The van der Waals surface area contributed by atoms with Gasteiger partial charge in [0.1, 0.15) is 6.33 Å². The Morgan fingerprint density at radius 2 is 1.79 bits per heavy atom. The van der Waals surface area contributed by atoms with Crippen LogP contribution in [-0.2, 0) is 14.8 Å². The molecule has 9 nitrogen and oxygen atoms in total. The van der Waals surface area contributed by atoms with Gasteiger partial charge in [0.05, 0.1) is 10.6 Å². The third kappa shape index (κ3) is 4.17. The van der Waals surface area contributed by atoms with Gasteiger partial charge in [-0.2, -0.15) is 4.31 Å². The van der Waals surface area contributed by atoms with Crippen LogP contribution in [0.1, 0.15) is 12.8 Å². The second-order valence-electron chi connectivity index (χ2n) is 6.79. The van der Waals surface area contributed by atoms with Crippen molar-refractivity contribution in [3.63, 3.8) is 0 Å². The van der Waals surface area contributed by atoms with E-state index in [1.807, 2.05) is 12.1 Å². The van der Waals surface area contributed by atoms with Gasteiger partial charge in [-0.1, -0.05) is 24.3 Å². The summed E-state index contributed by atoms with van der Waals surface area (Å²) in [5, 5.41) is 13.9. The highest BCUT2D eigenvalue weighted by Crippen LogP contribution is 2.25. The predicted octanol–water partition coefficient (Wildman–Crippen LogP) is 1.70. The van der Waals surface area contributed by atoms with Gasteiger partial charge in [-0.05, 0) is 53.6 Å². The number of piperidine rings is 1. The van der Waals surface area contributed by atoms with Gasteiger partial charge in [-0.3, -0.25) is 4.79 Å². The first kappa shape index (κ1) is 19.2. The van der Waals surface area contributed by atoms with E-state index in [2.05, 4.69) is 20.8 Å². The molecule has 0 radical (unpaired) electrons. The SMILES string of the molecule is O=C(Nc1cccc(-n2cnnn2)c1)C1CCN(S(=O)(=O)c2ccccc2)CC1. The maximum absolute atomic E-state index is 12.7. The number of hydrogen-bond donors (Lipinski definition) is 1. The fraction of sp³-hybridized carbons (Fsp3) is 0.263. The monoisotopic (exact) mass is 412 g/mol. The molecular formula is C19H20N6O3S. The minimum atomic E-state index is -3.52. The molecule has 1 fully saturated rings. The number of carbonyl (C=O) groups excluding carboxylic acids is 1. The van der Waals surface area contributed by atoms with Crippen molar-refractivity contribution in [2.45, 2.75) is 17.7 Å². The number of sulfonamides is 1. The summed E-state index contributed by atoms with van der Waals surface area (Å²) in [7, 11) is -3.52. The van der Waals surface area contributed by atoms with Crippen molar-refractivity contribution in [1.82, 2.24) is 24.5 Å². The van der Waals surface area contributed by atoms with Gasteiger partial charge < -0.3 is 5.32 Å². The number of nitrogens with one attached hydrogen (secondary N) is 1. The number of carbonyl (C=O) groups is 1. The van der Waals surface area contributed by atoms with Crippen LogP contribution in [0, 0.1) is 5.92 Å². The van der Waals surface area contributed by atoms with Crippen molar-refractivity contribution in [2.24, 2.45) is 5.92 Å². The number of aromatic nitrogens is 4. The van der Waals surface area contributed by atoms with Crippen LogP contribution in [-0.4, -0.2) is 51.9 Å². The highest BCUT2D eigenvalue weighted by Gasteiger charge is 2.32. The molecule has 0 atom stereocenters. The lowest BCUT2D eigenvalue weighted by Crippen LogP contribution is -2.41. The Morgan fingerprint density at radius 3 is 2.48 bits per heavy atom. The first-order valence-electron chi connectivity index (χ1n) is 9.23. The summed E-state index contributed by atoms with van der Waals surface area (Å²) in [5.41, 5.74) is 1.37. The largest absolute Gasteiger partial charge is 0.326 e. The average Bonchev–Trinajstić information content (AvgIpc) is 3.30. The van der Waals surface area contributed by atoms with E-state index in [9.17, 15) is 13.2 Å². The van der Waals surface area contributed by atoms with Gasteiger partial charge in [-0.15, -0.1) is 5.10 Å². The molecule has 0 spiro atoms. The van der Waals surface area contributed by atoms with Gasteiger partial charge in [0, 0.05) is 24.7 Å². The quantitative estimate of drug-likeness (QED) is 0.683. The van der Waals surface area contributed by atoms with Crippen LogP contribution in [0.2, 0.25) is 0 Å². The van der Waals surface area contributed by atoms with E-state index in [0.29, 0.717) is 31.6 Å². The van der Waals surface area contributed by atoms with Gasteiger partial charge in [0.2, 0.25) is 15.9 Å². The Balaban J connectivity index is 1.38. The smallest absolute Gasteiger partial charge is 0.243 e. The minimum absolute atomic E-state index is 0.115. The Bertz CT molecular complexity index is 1080. The standard InChI is InChI=1S/C19H20N6O3S/c26-19(21-16-5-4-6-17(13-16)25-14-20-22-23-25)15-9-11-24(12-10-15)29(27,28)18-7-2-1-3-8-18/h1-8,13-15H,9-12H2,(H,21,26). The van der Waals surface area contributed by atoms with Crippen LogP contribution in [0.25, 0.3) is 5.69 Å². The average molecular weight is 412 g/mol. The number of rotatable bonds is 5. The topological polar surface area (TPSA) is 110 Å². The number of amides is 1. The zero-order chi connectivity index (χ0) is 20.3. The Labute approximate surface area is 168 Å². The number of benzene rings is 2. The molecule has 1 aliphatic heterocycles. The van der Waals surface area contributed by atoms with Gasteiger partial charge >= 0.3 is 0 Å². The van der Waals surface area contributed by atoms with E-state index >= 15 is 0 Å². The highest BCUT2D eigenvalue weighted by atomic mass is 32.2. The van der Waals surface area contributed by atoms with Crippen LogP contribution in [0.5, 0.6) is 0 Å². The molecular weight excluding hydrogens is 392 g/mol. The van der Waals surface area contributed by atoms with Crippen LogP contribution in [0.15, 0.2) is 65.8 Å². The molecule has 4 rings (SSSR count). The molecule has 1 saturated heterocycles. The fourth-order valence-electron chi connectivity index (χ4n) is 3.35. The van der Waals surface area contributed by atoms with Crippen molar-refractivity contribution in [1.29, 1.82) is 0 Å². The summed E-state index contributed by atoms with van der Waals surface area (Å²) in [6.07, 6.45) is 2.43. The third-order valence-electron chi connectivity index (χ3n) is 4.93. The van der Waals surface area contributed by atoms with Crippen molar-refractivity contribution >= 4 is 21.6 Å². The van der Waals surface area contributed by atoms with Crippen molar-refractivity contribution in [2.75, 3.05) is 18.4 Å². The molecule has 0 saturated carbocycles. The second kappa shape index (κ2) is 8.10. The van der Waals surface area contributed by atoms with Crippen LogP contribution < -0.4 is 5.32 Å². The normalized spacial score (nSPS) is 15.9. The number of nitrogens with zero attached hydrogens (tertiary/aromatic N) is 5. The molecule has 1 aromatic heterocycles. The van der Waals surface area contributed by atoms with E-state index < -0.39 is 10.0 Å². The Hall–Kier alpha value is -3.11. The number of hydrogen-bond acceptors (Lipinski definition) is 6. The summed E-state index contributed by atoms with van der Waals surface area (Å²) in [5.74, 6) is -0.357. The van der Waals surface area contributed by atoms with Crippen molar-refractivity contribution in [3.05, 3.63) is 60.9 Å². The van der Waals surface area contributed by atoms with E-state index in [0.717, 1.165) is 5.69 Å². The summed E-state index contributed by atoms with van der Waals surface area (Å²) >= 11 is 0. The molecule has 10 heteroatoms. The van der Waals surface area contributed by atoms with E-state index in [-0.39, 0.29) is 16.7 Å². The molecule has 2 aromatic carbocycles. The maximum atomic E-state index is 12.7. The van der Waals surface area contributed by atoms with Gasteiger partial charge in [0.15, 0.2) is 0 Å². The molecule has 1 N–H and O–H groups in total. The Morgan fingerprint density at radius 1 is 1.03 bits per heavy atom. The molecule has 0 bridgehead atoms. The molecule has 3 aromatic rings. The molecule has 29 heavy (non-hydrogen) atoms. The summed E-state index contributed by atoms with van der Waals surface area (Å²) in [6.45, 7) is 0.639. The Kier molecular flexibility index (Phi) is 5.36. The summed E-state index contributed by atoms with van der Waals surface area (Å²) in [6, 6.07) is 15.6. The number of tetrazole rings is 1. The molecule has 0 aliphatic carbocycles. The lowest BCUT2D eigenvalue weighted by molar-refractivity contribution is -0.120. The second-order valence-corrected chi connectivity index (χ2v) is 8.72. The van der Waals surface area contributed by atoms with Crippen molar-refractivity contribution in [3.8, 4) is 5.69 Å². The van der Waals surface area contributed by atoms with Gasteiger partial charge in [0.25, 0.3) is 0 Å².